The van der Waals surface area contributed by atoms with Gasteiger partial charge in [-0.1, -0.05) is 0 Å². The summed E-state index contributed by atoms with van der Waals surface area (Å²) in [6.07, 6.45) is 4.06. The number of hydrogen-bond donors (Lipinski definition) is 2. The topological polar surface area (TPSA) is 67.6 Å². The summed E-state index contributed by atoms with van der Waals surface area (Å²) in [6, 6.07) is 0.457. The fourth-order valence-electron chi connectivity index (χ4n) is 2.92. The number of hydrogen-bond acceptors (Lipinski definition) is 4. The van der Waals surface area contributed by atoms with Gasteiger partial charge in [-0.3, -0.25) is 4.79 Å². The van der Waals surface area contributed by atoms with Gasteiger partial charge >= 0.3 is 0 Å². The Kier molecular flexibility index (Phi) is 4.81. The van der Waals surface area contributed by atoms with Crippen molar-refractivity contribution in [3.8, 4) is 0 Å². The number of likely N-dealkylation sites (N-methyl/N-ethyl adjacent to an activating group) is 1. The quantitative estimate of drug-likeness (QED) is 0.723. The van der Waals surface area contributed by atoms with Crippen molar-refractivity contribution >= 4 is 5.91 Å². The first-order valence-electron chi connectivity index (χ1n) is 7.31. The van der Waals surface area contributed by atoms with Crippen molar-refractivity contribution < 1.29 is 9.53 Å². The average molecular weight is 269 g/mol. The van der Waals surface area contributed by atoms with Gasteiger partial charge in [0.15, 0.2) is 0 Å². The third-order valence-electron chi connectivity index (χ3n) is 4.62. The number of rotatable bonds is 6. The number of amides is 1. The molecular weight excluding hydrogens is 242 g/mol. The highest BCUT2D eigenvalue weighted by molar-refractivity contribution is 5.83. The second-order valence-corrected chi connectivity index (χ2v) is 6.18. The molecule has 5 heteroatoms. The van der Waals surface area contributed by atoms with Crippen molar-refractivity contribution in [2.75, 3.05) is 40.4 Å². The van der Waals surface area contributed by atoms with E-state index in [2.05, 4.69) is 24.3 Å². The normalized spacial score (nSPS) is 24.2. The van der Waals surface area contributed by atoms with E-state index >= 15 is 0 Å². The zero-order valence-electron chi connectivity index (χ0n) is 12.2. The molecule has 1 saturated carbocycles. The molecule has 3 N–H and O–H groups in total. The predicted octanol–water partition coefficient (Wildman–Crippen LogP) is 0.198. The summed E-state index contributed by atoms with van der Waals surface area (Å²) in [5.41, 5.74) is 5.45. The highest BCUT2D eigenvalue weighted by atomic mass is 16.5. The number of carbonyl (C=O) groups is 1. The Labute approximate surface area is 115 Å². The summed E-state index contributed by atoms with van der Waals surface area (Å²) >= 11 is 0. The highest BCUT2D eigenvalue weighted by Crippen LogP contribution is 2.35. The van der Waals surface area contributed by atoms with E-state index in [4.69, 9.17) is 10.5 Å². The molecule has 110 valence electrons. The number of carbonyl (C=O) groups excluding carboxylic acids is 1. The molecule has 2 aliphatic rings. The number of nitrogens with two attached hydrogens (primary N) is 1. The first-order valence-corrected chi connectivity index (χ1v) is 7.31. The SMILES string of the molecule is CN(C)C(CNC(=O)C1(CN)CCOCC1)C1CC1. The lowest BCUT2D eigenvalue weighted by Crippen LogP contribution is -2.52. The summed E-state index contributed by atoms with van der Waals surface area (Å²) in [5, 5.41) is 3.13. The third kappa shape index (κ3) is 3.46. The summed E-state index contributed by atoms with van der Waals surface area (Å²) in [5.74, 6) is 0.865. The molecule has 2 fully saturated rings. The van der Waals surface area contributed by atoms with E-state index in [0.717, 1.165) is 25.3 Å². The molecular formula is C14H27N3O2. The largest absolute Gasteiger partial charge is 0.381 e. The Balaban J connectivity index is 1.88. The van der Waals surface area contributed by atoms with Gasteiger partial charge in [0, 0.05) is 32.3 Å². The van der Waals surface area contributed by atoms with Gasteiger partial charge in [0.1, 0.15) is 0 Å². The van der Waals surface area contributed by atoms with E-state index in [1.54, 1.807) is 0 Å². The van der Waals surface area contributed by atoms with Crippen molar-refractivity contribution in [1.82, 2.24) is 10.2 Å². The molecule has 2 rings (SSSR count). The second-order valence-electron chi connectivity index (χ2n) is 6.18. The minimum atomic E-state index is -0.404. The summed E-state index contributed by atoms with van der Waals surface area (Å²) < 4.78 is 5.35. The van der Waals surface area contributed by atoms with E-state index in [1.807, 2.05) is 0 Å². The summed E-state index contributed by atoms with van der Waals surface area (Å²) in [7, 11) is 4.17. The van der Waals surface area contributed by atoms with E-state index in [-0.39, 0.29) is 5.91 Å². The molecule has 1 saturated heterocycles. The maximum absolute atomic E-state index is 12.5. The molecule has 1 aliphatic heterocycles. The second kappa shape index (κ2) is 6.20. The molecule has 0 spiro atoms. The highest BCUT2D eigenvalue weighted by Gasteiger charge is 2.40. The minimum absolute atomic E-state index is 0.116. The van der Waals surface area contributed by atoms with E-state index in [1.165, 1.54) is 12.8 Å². The van der Waals surface area contributed by atoms with Crippen molar-refractivity contribution in [3.05, 3.63) is 0 Å². The predicted molar refractivity (Wildman–Crippen MR) is 74.7 cm³/mol. The van der Waals surface area contributed by atoms with Crippen LogP contribution in [-0.2, 0) is 9.53 Å². The number of ether oxygens (including phenoxy) is 1. The van der Waals surface area contributed by atoms with E-state index in [9.17, 15) is 4.79 Å². The van der Waals surface area contributed by atoms with Gasteiger partial charge in [-0.25, -0.2) is 0 Å². The molecule has 0 aromatic rings. The molecule has 1 unspecified atom stereocenters. The van der Waals surface area contributed by atoms with Gasteiger partial charge in [-0.2, -0.15) is 0 Å². The maximum Gasteiger partial charge on any atom is 0.227 e. The lowest BCUT2D eigenvalue weighted by atomic mass is 9.79. The molecule has 1 atom stereocenters. The van der Waals surface area contributed by atoms with Crippen molar-refractivity contribution in [2.24, 2.45) is 17.1 Å². The van der Waals surface area contributed by atoms with Crippen LogP contribution in [0.1, 0.15) is 25.7 Å². The standard InChI is InChI=1S/C14H27N3O2/c1-17(2)12(11-3-4-11)9-16-13(18)14(10-15)5-7-19-8-6-14/h11-12H,3-10,15H2,1-2H3,(H,16,18). The monoisotopic (exact) mass is 269 g/mol. The van der Waals surface area contributed by atoms with Crippen LogP contribution in [0.2, 0.25) is 0 Å². The van der Waals surface area contributed by atoms with Gasteiger partial charge in [0.2, 0.25) is 5.91 Å². The molecule has 0 aromatic carbocycles. The lowest BCUT2D eigenvalue weighted by molar-refractivity contribution is -0.136. The molecule has 0 aromatic heterocycles. The summed E-state index contributed by atoms with van der Waals surface area (Å²) in [6.45, 7) is 2.44. The smallest absolute Gasteiger partial charge is 0.227 e. The van der Waals surface area contributed by atoms with Crippen LogP contribution < -0.4 is 11.1 Å². The average Bonchev–Trinajstić information content (AvgIpc) is 3.23. The molecule has 0 radical (unpaired) electrons. The van der Waals surface area contributed by atoms with Crippen LogP contribution in [0.4, 0.5) is 0 Å². The molecule has 1 aliphatic carbocycles. The lowest BCUT2D eigenvalue weighted by Gasteiger charge is -2.35. The third-order valence-corrected chi connectivity index (χ3v) is 4.62. The molecule has 19 heavy (non-hydrogen) atoms. The Morgan fingerprint density at radius 3 is 2.53 bits per heavy atom. The van der Waals surface area contributed by atoms with Crippen LogP contribution in [0.15, 0.2) is 0 Å². The van der Waals surface area contributed by atoms with E-state index < -0.39 is 5.41 Å². The van der Waals surface area contributed by atoms with Crippen molar-refractivity contribution in [3.63, 3.8) is 0 Å². The Hall–Kier alpha value is -0.650. The zero-order chi connectivity index (χ0) is 13.9. The molecule has 1 heterocycles. The first-order chi connectivity index (χ1) is 9.09. The van der Waals surface area contributed by atoms with Gasteiger partial charge in [-0.15, -0.1) is 0 Å². The van der Waals surface area contributed by atoms with Crippen LogP contribution >= 0.6 is 0 Å². The van der Waals surface area contributed by atoms with Crippen LogP contribution in [0.3, 0.4) is 0 Å². The first kappa shape index (κ1) is 14.8. The summed E-state index contributed by atoms with van der Waals surface area (Å²) in [4.78, 5) is 14.7. The van der Waals surface area contributed by atoms with Crippen LogP contribution in [-0.4, -0.2) is 57.2 Å². The van der Waals surface area contributed by atoms with Gasteiger partial charge < -0.3 is 20.7 Å². The van der Waals surface area contributed by atoms with Crippen molar-refractivity contribution in [1.29, 1.82) is 0 Å². The number of nitrogens with one attached hydrogen (secondary N) is 1. The fraction of sp³-hybridized carbons (Fsp3) is 0.929. The van der Waals surface area contributed by atoms with E-state index in [0.29, 0.717) is 25.8 Å². The fourth-order valence-corrected chi connectivity index (χ4v) is 2.92. The van der Waals surface area contributed by atoms with Gasteiger partial charge in [0.25, 0.3) is 0 Å². The molecule has 5 nitrogen and oxygen atoms in total. The van der Waals surface area contributed by atoms with Gasteiger partial charge in [-0.05, 0) is 45.7 Å². The van der Waals surface area contributed by atoms with Crippen LogP contribution in [0.5, 0.6) is 0 Å². The van der Waals surface area contributed by atoms with Crippen molar-refractivity contribution in [2.45, 2.75) is 31.7 Å². The minimum Gasteiger partial charge on any atom is -0.381 e. The Morgan fingerprint density at radius 1 is 1.42 bits per heavy atom. The zero-order valence-corrected chi connectivity index (χ0v) is 12.2. The molecule has 0 bridgehead atoms. The number of nitrogens with zero attached hydrogens (tertiary/aromatic N) is 1. The molecule has 1 amide bonds. The Morgan fingerprint density at radius 2 is 2.05 bits per heavy atom. The Bertz CT molecular complexity index is 308. The van der Waals surface area contributed by atoms with Crippen LogP contribution in [0, 0.1) is 11.3 Å². The van der Waals surface area contributed by atoms with Gasteiger partial charge in [0.05, 0.1) is 5.41 Å². The van der Waals surface area contributed by atoms with Crippen LogP contribution in [0.25, 0.3) is 0 Å². The maximum atomic E-state index is 12.5.